The van der Waals surface area contributed by atoms with E-state index in [0.717, 1.165) is 12.1 Å². The molecule has 0 aliphatic heterocycles. The first-order valence-corrected chi connectivity index (χ1v) is 7.18. The second kappa shape index (κ2) is 6.88. The standard InChI is InChI=1S/C17H21N3O/c1-4-18-16-7-5-6-15(20-16)17(21)19-13(3)14-10-8-12(2)9-11-14/h5-11,13H,4H2,1-3H3,(H,18,20)(H,19,21). The van der Waals surface area contributed by atoms with Crippen molar-refractivity contribution in [1.82, 2.24) is 10.3 Å². The summed E-state index contributed by atoms with van der Waals surface area (Å²) in [7, 11) is 0. The van der Waals surface area contributed by atoms with Crippen molar-refractivity contribution >= 4 is 11.7 Å². The zero-order valence-electron chi connectivity index (χ0n) is 12.7. The van der Waals surface area contributed by atoms with Crippen LogP contribution in [0.2, 0.25) is 0 Å². The molecular weight excluding hydrogens is 262 g/mol. The van der Waals surface area contributed by atoms with Gasteiger partial charge in [-0.05, 0) is 38.5 Å². The Bertz CT molecular complexity index is 608. The average Bonchev–Trinajstić information content (AvgIpc) is 2.48. The van der Waals surface area contributed by atoms with Gasteiger partial charge >= 0.3 is 0 Å². The fourth-order valence-electron chi connectivity index (χ4n) is 2.05. The van der Waals surface area contributed by atoms with Crippen LogP contribution in [0.5, 0.6) is 0 Å². The van der Waals surface area contributed by atoms with Crippen LogP contribution in [0.4, 0.5) is 5.82 Å². The number of pyridine rings is 1. The van der Waals surface area contributed by atoms with Crippen molar-refractivity contribution < 1.29 is 4.79 Å². The monoisotopic (exact) mass is 283 g/mol. The van der Waals surface area contributed by atoms with E-state index >= 15 is 0 Å². The Balaban J connectivity index is 2.06. The Morgan fingerprint density at radius 2 is 1.90 bits per heavy atom. The summed E-state index contributed by atoms with van der Waals surface area (Å²) in [6.45, 7) is 6.78. The molecule has 1 unspecified atom stereocenters. The smallest absolute Gasteiger partial charge is 0.270 e. The van der Waals surface area contributed by atoms with Crippen LogP contribution in [-0.2, 0) is 0 Å². The number of hydrogen-bond acceptors (Lipinski definition) is 3. The molecule has 1 amide bonds. The van der Waals surface area contributed by atoms with Crippen molar-refractivity contribution in [1.29, 1.82) is 0 Å². The molecule has 4 nitrogen and oxygen atoms in total. The van der Waals surface area contributed by atoms with E-state index in [-0.39, 0.29) is 11.9 Å². The van der Waals surface area contributed by atoms with Crippen LogP contribution >= 0.6 is 0 Å². The highest BCUT2D eigenvalue weighted by Gasteiger charge is 2.12. The molecule has 0 aliphatic rings. The van der Waals surface area contributed by atoms with Gasteiger partial charge in [-0.15, -0.1) is 0 Å². The molecule has 0 saturated carbocycles. The summed E-state index contributed by atoms with van der Waals surface area (Å²) < 4.78 is 0. The fourth-order valence-corrected chi connectivity index (χ4v) is 2.05. The Morgan fingerprint density at radius 3 is 2.57 bits per heavy atom. The molecule has 2 aromatic rings. The van der Waals surface area contributed by atoms with Crippen LogP contribution < -0.4 is 10.6 Å². The predicted molar refractivity (Wildman–Crippen MR) is 85.5 cm³/mol. The number of anilines is 1. The lowest BCUT2D eigenvalue weighted by Crippen LogP contribution is -2.27. The average molecular weight is 283 g/mol. The number of aryl methyl sites for hydroxylation is 1. The first-order valence-electron chi connectivity index (χ1n) is 7.18. The van der Waals surface area contributed by atoms with E-state index < -0.39 is 0 Å². The zero-order valence-corrected chi connectivity index (χ0v) is 12.7. The van der Waals surface area contributed by atoms with Gasteiger partial charge < -0.3 is 10.6 Å². The van der Waals surface area contributed by atoms with Crippen molar-refractivity contribution in [3.63, 3.8) is 0 Å². The Labute approximate surface area is 125 Å². The molecule has 0 fully saturated rings. The van der Waals surface area contributed by atoms with Gasteiger partial charge in [-0.3, -0.25) is 4.79 Å². The zero-order chi connectivity index (χ0) is 15.2. The SMILES string of the molecule is CCNc1cccc(C(=O)NC(C)c2ccc(C)cc2)n1. The van der Waals surface area contributed by atoms with E-state index in [9.17, 15) is 4.79 Å². The largest absolute Gasteiger partial charge is 0.370 e. The van der Waals surface area contributed by atoms with Crippen molar-refractivity contribution in [2.24, 2.45) is 0 Å². The minimum Gasteiger partial charge on any atom is -0.370 e. The number of nitrogens with one attached hydrogen (secondary N) is 2. The number of amides is 1. The number of hydrogen-bond donors (Lipinski definition) is 2. The summed E-state index contributed by atoms with van der Waals surface area (Å²) >= 11 is 0. The Morgan fingerprint density at radius 1 is 1.19 bits per heavy atom. The lowest BCUT2D eigenvalue weighted by atomic mass is 10.1. The van der Waals surface area contributed by atoms with Crippen LogP contribution in [0.1, 0.15) is 41.5 Å². The summed E-state index contributed by atoms with van der Waals surface area (Å²) in [6, 6.07) is 13.5. The maximum Gasteiger partial charge on any atom is 0.270 e. The van der Waals surface area contributed by atoms with Crippen molar-refractivity contribution in [2.45, 2.75) is 26.8 Å². The second-order valence-corrected chi connectivity index (χ2v) is 5.04. The topological polar surface area (TPSA) is 54.0 Å². The maximum atomic E-state index is 12.3. The van der Waals surface area contributed by atoms with Gasteiger partial charge in [0.25, 0.3) is 5.91 Å². The van der Waals surface area contributed by atoms with Gasteiger partial charge in [-0.25, -0.2) is 4.98 Å². The summed E-state index contributed by atoms with van der Waals surface area (Å²) in [5.74, 6) is 0.552. The highest BCUT2D eigenvalue weighted by atomic mass is 16.1. The van der Waals surface area contributed by atoms with Gasteiger partial charge in [-0.1, -0.05) is 35.9 Å². The van der Waals surface area contributed by atoms with E-state index in [1.807, 2.05) is 57.2 Å². The van der Waals surface area contributed by atoms with Crippen LogP contribution in [0.25, 0.3) is 0 Å². The molecule has 0 saturated heterocycles. The van der Waals surface area contributed by atoms with Gasteiger partial charge in [0.05, 0.1) is 6.04 Å². The minimum atomic E-state index is -0.164. The van der Waals surface area contributed by atoms with E-state index in [4.69, 9.17) is 0 Å². The maximum absolute atomic E-state index is 12.3. The van der Waals surface area contributed by atoms with E-state index in [1.165, 1.54) is 5.56 Å². The molecule has 0 bridgehead atoms. The Hall–Kier alpha value is -2.36. The summed E-state index contributed by atoms with van der Waals surface area (Å²) in [4.78, 5) is 16.6. The summed E-state index contributed by atoms with van der Waals surface area (Å²) in [5.41, 5.74) is 2.71. The number of benzene rings is 1. The molecular formula is C17H21N3O. The first kappa shape index (κ1) is 15.0. The fraction of sp³-hybridized carbons (Fsp3) is 0.294. The molecule has 2 N–H and O–H groups in total. The van der Waals surface area contributed by atoms with E-state index in [1.54, 1.807) is 6.07 Å². The first-order chi connectivity index (χ1) is 10.1. The number of carbonyl (C=O) groups is 1. The van der Waals surface area contributed by atoms with Gasteiger partial charge in [0, 0.05) is 6.54 Å². The predicted octanol–water partition coefficient (Wildman–Crippen LogP) is 3.31. The number of nitrogens with zero attached hydrogens (tertiary/aromatic N) is 1. The third-order valence-corrected chi connectivity index (χ3v) is 3.26. The molecule has 1 aromatic carbocycles. The molecule has 1 atom stereocenters. The second-order valence-electron chi connectivity index (χ2n) is 5.04. The van der Waals surface area contributed by atoms with E-state index in [2.05, 4.69) is 15.6 Å². The lowest BCUT2D eigenvalue weighted by Gasteiger charge is -2.14. The van der Waals surface area contributed by atoms with Crippen LogP contribution in [0.3, 0.4) is 0 Å². The molecule has 21 heavy (non-hydrogen) atoms. The minimum absolute atomic E-state index is 0.0531. The number of rotatable bonds is 5. The molecule has 2 rings (SSSR count). The Kier molecular flexibility index (Phi) is 4.93. The molecule has 4 heteroatoms. The summed E-state index contributed by atoms with van der Waals surface area (Å²) in [5, 5.41) is 6.07. The van der Waals surface area contributed by atoms with Crippen LogP contribution in [0.15, 0.2) is 42.5 Å². The third kappa shape index (κ3) is 4.05. The van der Waals surface area contributed by atoms with E-state index in [0.29, 0.717) is 11.5 Å². The lowest BCUT2D eigenvalue weighted by molar-refractivity contribution is 0.0935. The quantitative estimate of drug-likeness (QED) is 0.885. The third-order valence-electron chi connectivity index (χ3n) is 3.26. The van der Waals surface area contributed by atoms with Gasteiger partial charge in [-0.2, -0.15) is 0 Å². The van der Waals surface area contributed by atoms with Crippen LogP contribution in [0, 0.1) is 6.92 Å². The number of carbonyl (C=O) groups excluding carboxylic acids is 1. The van der Waals surface area contributed by atoms with Crippen molar-refractivity contribution in [3.05, 3.63) is 59.3 Å². The molecule has 1 aromatic heterocycles. The molecule has 110 valence electrons. The molecule has 0 radical (unpaired) electrons. The molecule has 1 heterocycles. The molecule has 0 spiro atoms. The van der Waals surface area contributed by atoms with Crippen LogP contribution in [-0.4, -0.2) is 17.4 Å². The highest BCUT2D eigenvalue weighted by Crippen LogP contribution is 2.14. The molecule has 0 aliphatic carbocycles. The van der Waals surface area contributed by atoms with Gasteiger partial charge in [0.15, 0.2) is 0 Å². The van der Waals surface area contributed by atoms with Crippen molar-refractivity contribution in [2.75, 3.05) is 11.9 Å². The normalized spacial score (nSPS) is 11.8. The number of aromatic nitrogens is 1. The highest BCUT2D eigenvalue weighted by molar-refractivity contribution is 5.92. The van der Waals surface area contributed by atoms with Gasteiger partial charge in [0.2, 0.25) is 0 Å². The summed E-state index contributed by atoms with van der Waals surface area (Å²) in [6.07, 6.45) is 0. The van der Waals surface area contributed by atoms with Crippen molar-refractivity contribution in [3.8, 4) is 0 Å². The van der Waals surface area contributed by atoms with Gasteiger partial charge in [0.1, 0.15) is 11.5 Å².